The Hall–Kier alpha value is 0.310. The van der Waals surface area contributed by atoms with Gasteiger partial charge in [-0.2, -0.15) is 11.8 Å². The molecule has 2 unspecified atom stereocenters. The Morgan fingerprint density at radius 1 is 1.38 bits per heavy atom. The highest BCUT2D eigenvalue weighted by Crippen LogP contribution is 2.36. The quantitative estimate of drug-likeness (QED) is 0.730. The Morgan fingerprint density at radius 3 is 2.77 bits per heavy atom. The van der Waals surface area contributed by atoms with Gasteiger partial charge in [0.25, 0.3) is 0 Å². The van der Waals surface area contributed by atoms with E-state index in [-0.39, 0.29) is 0 Å². The molecular formula is C11H21NS. The van der Waals surface area contributed by atoms with Crippen molar-refractivity contribution >= 4 is 11.8 Å². The number of thioether (sulfide) groups is 1. The summed E-state index contributed by atoms with van der Waals surface area (Å²) in [4.78, 5) is 0. The molecule has 0 amide bonds. The van der Waals surface area contributed by atoms with Crippen LogP contribution >= 0.6 is 11.8 Å². The van der Waals surface area contributed by atoms with Crippen LogP contribution in [0, 0.1) is 5.92 Å². The lowest BCUT2D eigenvalue weighted by Crippen LogP contribution is -2.34. The van der Waals surface area contributed by atoms with Crippen molar-refractivity contribution in [1.29, 1.82) is 0 Å². The van der Waals surface area contributed by atoms with Crippen LogP contribution in [-0.4, -0.2) is 24.1 Å². The second-order valence-electron chi connectivity index (χ2n) is 4.47. The van der Waals surface area contributed by atoms with Crippen LogP contribution in [0.5, 0.6) is 0 Å². The van der Waals surface area contributed by atoms with Crippen LogP contribution in [0.3, 0.4) is 0 Å². The topological polar surface area (TPSA) is 12.0 Å². The van der Waals surface area contributed by atoms with E-state index in [2.05, 4.69) is 24.1 Å². The monoisotopic (exact) mass is 199 g/mol. The first-order chi connectivity index (χ1) is 6.40. The van der Waals surface area contributed by atoms with Crippen molar-refractivity contribution in [3.8, 4) is 0 Å². The molecule has 2 heteroatoms. The molecule has 0 aromatic heterocycles. The Bertz CT molecular complexity index is 150. The molecule has 76 valence electrons. The van der Waals surface area contributed by atoms with Gasteiger partial charge in [-0.05, 0) is 44.4 Å². The Balaban J connectivity index is 1.70. The summed E-state index contributed by atoms with van der Waals surface area (Å²) in [5.74, 6) is 2.49. The van der Waals surface area contributed by atoms with Gasteiger partial charge >= 0.3 is 0 Å². The first-order valence-corrected chi connectivity index (χ1v) is 6.74. The van der Waals surface area contributed by atoms with Gasteiger partial charge in [-0.25, -0.2) is 0 Å². The fourth-order valence-electron chi connectivity index (χ4n) is 2.26. The molecule has 1 saturated heterocycles. The Labute approximate surface area is 86.0 Å². The summed E-state index contributed by atoms with van der Waals surface area (Å²) in [7, 11) is 2.14. The Kier molecular flexibility index (Phi) is 3.56. The molecule has 0 aromatic carbocycles. The number of hydrogen-bond donors (Lipinski definition) is 1. The molecule has 0 bridgehead atoms. The molecule has 13 heavy (non-hydrogen) atoms. The highest BCUT2D eigenvalue weighted by Gasteiger charge is 2.27. The third kappa shape index (κ3) is 2.88. The molecule has 2 fully saturated rings. The summed E-state index contributed by atoms with van der Waals surface area (Å²) in [6, 6.07) is 0.799. The molecule has 1 nitrogen and oxygen atoms in total. The molecule has 1 saturated carbocycles. The van der Waals surface area contributed by atoms with Crippen molar-refractivity contribution in [3.05, 3.63) is 0 Å². The van der Waals surface area contributed by atoms with Gasteiger partial charge < -0.3 is 5.32 Å². The van der Waals surface area contributed by atoms with Gasteiger partial charge in [0, 0.05) is 11.3 Å². The van der Waals surface area contributed by atoms with Crippen LogP contribution < -0.4 is 5.32 Å². The van der Waals surface area contributed by atoms with Gasteiger partial charge in [0.2, 0.25) is 0 Å². The minimum atomic E-state index is 0.799. The maximum atomic E-state index is 3.51. The second-order valence-corrected chi connectivity index (χ2v) is 5.81. The van der Waals surface area contributed by atoms with Crippen molar-refractivity contribution < 1.29 is 0 Å². The van der Waals surface area contributed by atoms with E-state index in [9.17, 15) is 0 Å². The average Bonchev–Trinajstić information content (AvgIpc) is 2.81. The van der Waals surface area contributed by atoms with Crippen LogP contribution in [-0.2, 0) is 0 Å². The lowest BCUT2D eigenvalue weighted by Gasteiger charge is -2.22. The number of hydrogen-bond acceptors (Lipinski definition) is 2. The normalized spacial score (nSPS) is 30.7. The zero-order valence-electron chi connectivity index (χ0n) is 8.59. The minimum Gasteiger partial charge on any atom is -0.316 e. The maximum Gasteiger partial charge on any atom is 0.0201 e. The van der Waals surface area contributed by atoms with Crippen molar-refractivity contribution in [2.45, 2.75) is 49.8 Å². The van der Waals surface area contributed by atoms with Crippen LogP contribution in [0.15, 0.2) is 0 Å². The van der Waals surface area contributed by atoms with Crippen molar-refractivity contribution in [3.63, 3.8) is 0 Å². The van der Waals surface area contributed by atoms with E-state index >= 15 is 0 Å². The molecule has 1 aliphatic heterocycles. The van der Waals surface area contributed by atoms with Crippen LogP contribution in [0.4, 0.5) is 0 Å². The molecule has 2 rings (SSSR count). The fraction of sp³-hybridized carbons (Fsp3) is 1.00. The third-order valence-corrected chi connectivity index (χ3v) is 4.88. The van der Waals surface area contributed by atoms with Gasteiger partial charge in [-0.3, -0.25) is 0 Å². The SMILES string of the molecule is CNC(CCC1CC1)C1CCCS1. The standard InChI is InChI=1S/C11H21NS/c1-12-10(7-6-9-4-5-9)11-3-2-8-13-11/h9-12H,2-8H2,1H3. The summed E-state index contributed by atoms with van der Waals surface area (Å²) in [6.45, 7) is 0. The zero-order chi connectivity index (χ0) is 9.10. The lowest BCUT2D eigenvalue weighted by molar-refractivity contribution is 0.465. The molecule has 1 aliphatic carbocycles. The molecule has 0 spiro atoms. The summed E-state index contributed by atoms with van der Waals surface area (Å²) in [6.07, 6.45) is 8.79. The summed E-state index contributed by atoms with van der Waals surface area (Å²) in [5.41, 5.74) is 0. The molecule has 1 heterocycles. The van der Waals surface area contributed by atoms with Crippen LogP contribution in [0.25, 0.3) is 0 Å². The maximum absolute atomic E-state index is 3.51. The summed E-state index contributed by atoms with van der Waals surface area (Å²) >= 11 is 2.18. The highest BCUT2D eigenvalue weighted by atomic mass is 32.2. The van der Waals surface area contributed by atoms with Gasteiger partial charge in [-0.15, -0.1) is 0 Å². The number of nitrogens with one attached hydrogen (secondary N) is 1. The van der Waals surface area contributed by atoms with Crippen molar-refractivity contribution in [2.24, 2.45) is 5.92 Å². The predicted octanol–water partition coefficient (Wildman–Crippen LogP) is 2.66. The van der Waals surface area contributed by atoms with Gasteiger partial charge in [-0.1, -0.05) is 12.8 Å². The van der Waals surface area contributed by atoms with Gasteiger partial charge in [0.15, 0.2) is 0 Å². The van der Waals surface area contributed by atoms with Gasteiger partial charge in [0.1, 0.15) is 0 Å². The van der Waals surface area contributed by atoms with E-state index in [1.807, 2.05) is 0 Å². The van der Waals surface area contributed by atoms with E-state index in [1.54, 1.807) is 0 Å². The van der Waals surface area contributed by atoms with Crippen LogP contribution in [0.2, 0.25) is 0 Å². The molecule has 0 radical (unpaired) electrons. The van der Waals surface area contributed by atoms with E-state index in [0.29, 0.717) is 0 Å². The van der Waals surface area contributed by atoms with Crippen molar-refractivity contribution in [1.82, 2.24) is 5.32 Å². The third-order valence-electron chi connectivity index (χ3n) is 3.37. The average molecular weight is 199 g/mol. The molecule has 2 aliphatic rings. The largest absolute Gasteiger partial charge is 0.316 e. The minimum absolute atomic E-state index is 0.799. The number of rotatable bonds is 5. The molecule has 2 atom stereocenters. The van der Waals surface area contributed by atoms with E-state index in [1.165, 1.54) is 44.3 Å². The zero-order valence-corrected chi connectivity index (χ0v) is 9.41. The van der Waals surface area contributed by atoms with Crippen molar-refractivity contribution in [2.75, 3.05) is 12.8 Å². The second kappa shape index (κ2) is 4.70. The lowest BCUT2D eigenvalue weighted by atomic mass is 10.0. The van der Waals surface area contributed by atoms with E-state index < -0.39 is 0 Å². The van der Waals surface area contributed by atoms with Crippen LogP contribution in [0.1, 0.15) is 38.5 Å². The van der Waals surface area contributed by atoms with Gasteiger partial charge in [0.05, 0.1) is 0 Å². The highest BCUT2D eigenvalue weighted by molar-refractivity contribution is 8.00. The first-order valence-electron chi connectivity index (χ1n) is 5.69. The molecule has 0 aromatic rings. The molecule has 1 N–H and O–H groups in total. The summed E-state index contributed by atoms with van der Waals surface area (Å²) < 4.78 is 0. The Morgan fingerprint density at radius 2 is 2.23 bits per heavy atom. The summed E-state index contributed by atoms with van der Waals surface area (Å²) in [5, 5.41) is 4.43. The predicted molar refractivity (Wildman–Crippen MR) is 60.3 cm³/mol. The molecular weight excluding hydrogens is 178 g/mol. The van der Waals surface area contributed by atoms with E-state index in [4.69, 9.17) is 0 Å². The fourth-order valence-corrected chi connectivity index (χ4v) is 3.73. The van der Waals surface area contributed by atoms with E-state index in [0.717, 1.165) is 17.2 Å². The smallest absolute Gasteiger partial charge is 0.0201 e. The first kappa shape index (κ1) is 9.85.